The van der Waals surface area contributed by atoms with Crippen LogP contribution >= 0.6 is 11.6 Å². The monoisotopic (exact) mass is 262 g/mol. The van der Waals surface area contributed by atoms with E-state index in [1.165, 1.54) is 23.3 Å². The number of hydrogen-bond acceptors (Lipinski definition) is 0. The molecule has 0 amide bonds. The van der Waals surface area contributed by atoms with Crippen LogP contribution in [0.15, 0.2) is 48.5 Å². The minimum absolute atomic E-state index is 0.169. The molecule has 0 saturated heterocycles. The molecule has 0 aromatic heterocycles. The zero-order chi connectivity index (χ0) is 12.8. The van der Waals surface area contributed by atoms with E-state index in [1.807, 2.05) is 30.3 Å². The summed E-state index contributed by atoms with van der Waals surface area (Å²) >= 11 is 5.93. The molecule has 2 rings (SSSR count). The van der Waals surface area contributed by atoms with Gasteiger partial charge in [0.05, 0.1) is 0 Å². The maximum Gasteiger partial charge on any atom is 0.123 e. The van der Waals surface area contributed by atoms with E-state index >= 15 is 0 Å². The molecule has 0 spiro atoms. The smallest absolute Gasteiger partial charge is 0.123 e. The largest absolute Gasteiger partial charge is 0.207 e. The van der Waals surface area contributed by atoms with Gasteiger partial charge in [-0.2, -0.15) is 0 Å². The quantitative estimate of drug-likeness (QED) is 0.662. The van der Waals surface area contributed by atoms with Crippen LogP contribution in [-0.4, -0.2) is 0 Å². The molecule has 0 heterocycles. The van der Waals surface area contributed by atoms with Gasteiger partial charge in [0.15, 0.2) is 0 Å². The predicted molar refractivity (Wildman–Crippen MR) is 74.5 cm³/mol. The zero-order valence-corrected chi connectivity index (χ0v) is 11.0. The summed E-state index contributed by atoms with van der Waals surface area (Å²) in [6, 6.07) is 14.7. The summed E-state index contributed by atoms with van der Waals surface area (Å²) in [7, 11) is 0. The van der Waals surface area contributed by atoms with Crippen molar-refractivity contribution in [3.8, 4) is 0 Å². The van der Waals surface area contributed by atoms with E-state index in [0.29, 0.717) is 0 Å². The predicted octanol–water partition coefficient (Wildman–Crippen LogP) is 5.04. The Morgan fingerprint density at radius 3 is 2.17 bits per heavy atom. The van der Waals surface area contributed by atoms with Crippen LogP contribution in [-0.2, 0) is 12.8 Å². The molecule has 0 radical (unpaired) electrons. The molecule has 0 aliphatic rings. The van der Waals surface area contributed by atoms with Crippen molar-refractivity contribution in [3.05, 3.63) is 70.5 Å². The molecule has 0 atom stereocenters. The molecule has 0 aliphatic carbocycles. The Labute approximate surface area is 112 Å². The Morgan fingerprint density at radius 2 is 1.50 bits per heavy atom. The summed E-state index contributed by atoms with van der Waals surface area (Å²) in [5.41, 5.74) is 2.48. The average molecular weight is 263 g/mol. The zero-order valence-electron chi connectivity index (χ0n) is 10.2. The second-order valence-electron chi connectivity index (χ2n) is 4.46. The highest BCUT2D eigenvalue weighted by Gasteiger charge is 1.97. The lowest BCUT2D eigenvalue weighted by molar-refractivity contribution is 0.626. The Balaban J connectivity index is 1.74. The molecule has 0 unspecified atom stereocenters. The topological polar surface area (TPSA) is 0 Å². The lowest BCUT2D eigenvalue weighted by atomic mass is 10.0. The van der Waals surface area contributed by atoms with E-state index in [0.717, 1.165) is 30.7 Å². The van der Waals surface area contributed by atoms with Crippen LogP contribution in [0.5, 0.6) is 0 Å². The van der Waals surface area contributed by atoms with Crippen molar-refractivity contribution < 1.29 is 4.39 Å². The van der Waals surface area contributed by atoms with Crippen LogP contribution in [0.2, 0.25) is 5.02 Å². The highest BCUT2D eigenvalue weighted by molar-refractivity contribution is 6.30. The second kappa shape index (κ2) is 6.55. The minimum Gasteiger partial charge on any atom is -0.207 e. The number of hydrogen-bond donors (Lipinski definition) is 0. The number of rotatable bonds is 5. The standard InChI is InChI=1S/C16H16ClF/c17-15-7-3-6-14(12-15)5-2-1-4-13-8-10-16(18)11-9-13/h3,6-12H,1-2,4-5H2. The molecule has 18 heavy (non-hydrogen) atoms. The molecule has 0 saturated carbocycles. The van der Waals surface area contributed by atoms with Crippen molar-refractivity contribution in [1.29, 1.82) is 0 Å². The van der Waals surface area contributed by atoms with Crippen LogP contribution < -0.4 is 0 Å². The fourth-order valence-corrected chi connectivity index (χ4v) is 2.21. The van der Waals surface area contributed by atoms with Gasteiger partial charge < -0.3 is 0 Å². The fraction of sp³-hybridized carbons (Fsp3) is 0.250. The number of benzene rings is 2. The number of aryl methyl sites for hydroxylation is 2. The third-order valence-corrected chi connectivity index (χ3v) is 3.22. The van der Waals surface area contributed by atoms with Crippen molar-refractivity contribution in [3.63, 3.8) is 0 Å². The van der Waals surface area contributed by atoms with E-state index in [2.05, 4.69) is 6.07 Å². The minimum atomic E-state index is -0.169. The van der Waals surface area contributed by atoms with Crippen molar-refractivity contribution in [1.82, 2.24) is 0 Å². The van der Waals surface area contributed by atoms with Gasteiger partial charge in [0.25, 0.3) is 0 Å². The SMILES string of the molecule is Fc1ccc(CCCCc2cccc(Cl)c2)cc1. The van der Waals surface area contributed by atoms with E-state index in [9.17, 15) is 4.39 Å². The molecule has 0 aliphatic heterocycles. The van der Waals surface area contributed by atoms with Gasteiger partial charge in [0.1, 0.15) is 5.82 Å². The Bertz CT molecular complexity index is 491. The number of unbranched alkanes of at least 4 members (excludes halogenated alkanes) is 1. The Kier molecular flexibility index (Phi) is 4.77. The third kappa shape index (κ3) is 4.15. The van der Waals surface area contributed by atoms with E-state index in [4.69, 9.17) is 11.6 Å². The van der Waals surface area contributed by atoms with E-state index < -0.39 is 0 Å². The molecular weight excluding hydrogens is 247 g/mol. The van der Waals surface area contributed by atoms with Gasteiger partial charge >= 0.3 is 0 Å². The molecule has 2 aromatic rings. The van der Waals surface area contributed by atoms with Crippen molar-refractivity contribution in [2.24, 2.45) is 0 Å². The summed E-state index contributed by atoms with van der Waals surface area (Å²) < 4.78 is 12.7. The Morgan fingerprint density at radius 1 is 0.833 bits per heavy atom. The van der Waals surface area contributed by atoms with Crippen LogP contribution in [0, 0.1) is 5.82 Å². The average Bonchev–Trinajstić information content (AvgIpc) is 2.37. The Hall–Kier alpha value is -1.34. The maximum atomic E-state index is 12.7. The molecule has 2 aromatic carbocycles. The van der Waals surface area contributed by atoms with Crippen molar-refractivity contribution in [2.75, 3.05) is 0 Å². The van der Waals surface area contributed by atoms with E-state index in [-0.39, 0.29) is 5.82 Å². The molecular formula is C16H16ClF. The van der Waals surface area contributed by atoms with Gasteiger partial charge in [-0.25, -0.2) is 4.39 Å². The van der Waals surface area contributed by atoms with Gasteiger partial charge in [-0.3, -0.25) is 0 Å². The van der Waals surface area contributed by atoms with Gasteiger partial charge in [-0.1, -0.05) is 35.9 Å². The van der Waals surface area contributed by atoms with E-state index in [1.54, 1.807) is 0 Å². The maximum absolute atomic E-state index is 12.7. The third-order valence-electron chi connectivity index (χ3n) is 2.98. The van der Waals surface area contributed by atoms with Crippen molar-refractivity contribution >= 4 is 11.6 Å². The molecule has 2 heteroatoms. The molecule has 94 valence electrons. The number of halogens is 2. The van der Waals surface area contributed by atoms with Crippen LogP contribution in [0.4, 0.5) is 4.39 Å². The summed E-state index contributed by atoms with van der Waals surface area (Å²) in [4.78, 5) is 0. The molecule has 0 N–H and O–H groups in total. The van der Waals surface area contributed by atoms with Crippen LogP contribution in [0.1, 0.15) is 24.0 Å². The second-order valence-corrected chi connectivity index (χ2v) is 4.90. The van der Waals surface area contributed by atoms with Gasteiger partial charge in [-0.15, -0.1) is 0 Å². The highest BCUT2D eigenvalue weighted by Crippen LogP contribution is 2.14. The summed E-state index contributed by atoms with van der Waals surface area (Å²) in [5.74, 6) is -0.169. The molecule has 0 nitrogen and oxygen atoms in total. The summed E-state index contributed by atoms with van der Waals surface area (Å²) in [5, 5.41) is 0.797. The first-order valence-corrected chi connectivity index (χ1v) is 6.61. The fourth-order valence-electron chi connectivity index (χ4n) is 2.00. The van der Waals surface area contributed by atoms with Crippen molar-refractivity contribution in [2.45, 2.75) is 25.7 Å². The summed E-state index contributed by atoms with van der Waals surface area (Å²) in [6.07, 6.45) is 4.28. The first-order chi connectivity index (χ1) is 8.74. The lowest BCUT2D eigenvalue weighted by Crippen LogP contribution is -1.89. The van der Waals surface area contributed by atoms with Gasteiger partial charge in [0, 0.05) is 5.02 Å². The van der Waals surface area contributed by atoms with Crippen LogP contribution in [0.3, 0.4) is 0 Å². The highest BCUT2D eigenvalue weighted by atomic mass is 35.5. The lowest BCUT2D eigenvalue weighted by Gasteiger charge is -2.03. The molecule has 0 bridgehead atoms. The normalized spacial score (nSPS) is 10.6. The first kappa shape index (κ1) is 13.1. The summed E-state index contributed by atoms with van der Waals surface area (Å²) in [6.45, 7) is 0. The molecule has 0 fully saturated rings. The van der Waals surface area contributed by atoms with Crippen LogP contribution in [0.25, 0.3) is 0 Å². The first-order valence-electron chi connectivity index (χ1n) is 6.23. The van der Waals surface area contributed by atoms with Gasteiger partial charge in [-0.05, 0) is 61.1 Å². The van der Waals surface area contributed by atoms with Gasteiger partial charge in [0.2, 0.25) is 0 Å².